The second-order valence-electron chi connectivity index (χ2n) is 6.49. The van der Waals surface area contributed by atoms with Crippen LogP contribution in [0.2, 0.25) is 0 Å². The second-order valence-corrected chi connectivity index (χ2v) is 6.49. The maximum absolute atomic E-state index is 3.67. The molecule has 0 amide bonds. The molecule has 0 bridgehead atoms. The fraction of sp³-hybridized carbons (Fsp3) is 1.00. The van der Waals surface area contributed by atoms with E-state index in [2.05, 4.69) is 24.1 Å². The van der Waals surface area contributed by atoms with Gasteiger partial charge < -0.3 is 10.2 Å². The standard InChI is InChI=1S/C16H32N2/c1-3-14-10-16(17-4-2)13-18(11-14)12-15-8-6-5-7-9-15/h14-17H,3-13H2,1-2H3. The molecule has 1 heterocycles. The highest BCUT2D eigenvalue weighted by molar-refractivity contribution is 4.84. The van der Waals surface area contributed by atoms with Gasteiger partial charge in [-0.05, 0) is 37.6 Å². The fourth-order valence-corrected chi connectivity index (χ4v) is 3.92. The SMILES string of the molecule is CCNC1CC(CC)CN(CC2CCCCC2)C1. The van der Waals surface area contributed by atoms with Gasteiger partial charge in [-0.1, -0.05) is 39.5 Å². The van der Waals surface area contributed by atoms with Crippen molar-refractivity contribution in [1.82, 2.24) is 10.2 Å². The van der Waals surface area contributed by atoms with Crippen LogP contribution in [0.15, 0.2) is 0 Å². The van der Waals surface area contributed by atoms with Crippen LogP contribution in [-0.4, -0.2) is 37.1 Å². The highest BCUT2D eigenvalue weighted by atomic mass is 15.2. The summed E-state index contributed by atoms with van der Waals surface area (Å²) in [5.41, 5.74) is 0. The van der Waals surface area contributed by atoms with Gasteiger partial charge in [0.15, 0.2) is 0 Å². The molecule has 0 radical (unpaired) electrons. The number of likely N-dealkylation sites (tertiary alicyclic amines) is 1. The zero-order valence-corrected chi connectivity index (χ0v) is 12.5. The lowest BCUT2D eigenvalue weighted by Gasteiger charge is -2.40. The Bertz CT molecular complexity index is 223. The number of rotatable bonds is 5. The van der Waals surface area contributed by atoms with Gasteiger partial charge in [-0.15, -0.1) is 0 Å². The average molecular weight is 252 g/mol. The first-order valence-electron chi connectivity index (χ1n) is 8.27. The molecule has 0 aromatic heterocycles. The summed E-state index contributed by atoms with van der Waals surface area (Å²) in [5.74, 6) is 1.92. The third-order valence-corrected chi connectivity index (χ3v) is 4.92. The molecule has 106 valence electrons. The molecule has 0 aromatic carbocycles. The summed E-state index contributed by atoms with van der Waals surface area (Å²) in [5, 5.41) is 3.67. The minimum Gasteiger partial charge on any atom is -0.313 e. The van der Waals surface area contributed by atoms with Crippen molar-refractivity contribution in [1.29, 1.82) is 0 Å². The summed E-state index contributed by atoms with van der Waals surface area (Å²) in [6.07, 6.45) is 10.2. The lowest BCUT2D eigenvalue weighted by Crippen LogP contribution is -2.50. The summed E-state index contributed by atoms with van der Waals surface area (Å²) in [6.45, 7) is 9.74. The van der Waals surface area contributed by atoms with E-state index in [1.165, 1.54) is 64.6 Å². The van der Waals surface area contributed by atoms with E-state index < -0.39 is 0 Å². The molecule has 2 rings (SSSR count). The van der Waals surface area contributed by atoms with E-state index in [0.717, 1.165) is 24.4 Å². The molecular formula is C16H32N2. The van der Waals surface area contributed by atoms with Crippen molar-refractivity contribution in [3.8, 4) is 0 Å². The van der Waals surface area contributed by atoms with Crippen LogP contribution in [0.5, 0.6) is 0 Å². The Morgan fingerprint density at radius 1 is 1.00 bits per heavy atom. The Labute approximate surface area is 114 Å². The monoisotopic (exact) mass is 252 g/mol. The minimum absolute atomic E-state index is 0.747. The molecule has 18 heavy (non-hydrogen) atoms. The summed E-state index contributed by atoms with van der Waals surface area (Å²) in [4.78, 5) is 2.76. The second kappa shape index (κ2) is 7.49. The predicted octanol–water partition coefficient (Wildman–Crippen LogP) is 3.28. The van der Waals surface area contributed by atoms with Crippen molar-refractivity contribution < 1.29 is 0 Å². The number of hydrogen-bond donors (Lipinski definition) is 1. The number of hydrogen-bond acceptors (Lipinski definition) is 2. The molecule has 2 heteroatoms. The van der Waals surface area contributed by atoms with E-state index >= 15 is 0 Å². The Morgan fingerprint density at radius 2 is 1.78 bits per heavy atom. The van der Waals surface area contributed by atoms with Crippen LogP contribution < -0.4 is 5.32 Å². The van der Waals surface area contributed by atoms with Gasteiger partial charge in [0.05, 0.1) is 0 Å². The molecule has 1 aliphatic heterocycles. The van der Waals surface area contributed by atoms with E-state index in [-0.39, 0.29) is 0 Å². The molecule has 1 saturated carbocycles. The highest BCUT2D eigenvalue weighted by Gasteiger charge is 2.27. The first kappa shape index (κ1) is 14.3. The van der Waals surface area contributed by atoms with Gasteiger partial charge in [0.25, 0.3) is 0 Å². The van der Waals surface area contributed by atoms with E-state index in [1.54, 1.807) is 0 Å². The predicted molar refractivity (Wildman–Crippen MR) is 78.9 cm³/mol. The number of piperidine rings is 1. The molecule has 0 spiro atoms. The number of nitrogens with zero attached hydrogens (tertiary/aromatic N) is 1. The Morgan fingerprint density at radius 3 is 2.44 bits per heavy atom. The molecule has 2 unspecified atom stereocenters. The largest absolute Gasteiger partial charge is 0.313 e. The van der Waals surface area contributed by atoms with Crippen molar-refractivity contribution in [2.24, 2.45) is 11.8 Å². The van der Waals surface area contributed by atoms with Crippen LogP contribution in [0.1, 0.15) is 58.8 Å². The van der Waals surface area contributed by atoms with Crippen molar-refractivity contribution in [3.63, 3.8) is 0 Å². The zero-order valence-electron chi connectivity index (χ0n) is 12.5. The van der Waals surface area contributed by atoms with Gasteiger partial charge in [-0.25, -0.2) is 0 Å². The van der Waals surface area contributed by atoms with E-state index in [1.807, 2.05) is 0 Å². The minimum atomic E-state index is 0.747. The van der Waals surface area contributed by atoms with Crippen LogP contribution in [-0.2, 0) is 0 Å². The third kappa shape index (κ3) is 4.24. The lowest BCUT2D eigenvalue weighted by atomic mass is 9.87. The average Bonchev–Trinajstić information content (AvgIpc) is 2.40. The number of nitrogens with one attached hydrogen (secondary N) is 1. The molecule has 2 atom stereocenters. The van der Waals surface area contributed by atoms with Crippen molar-refractivity contribution in [2.45, 2.75) is 64.8 Å². The van der Waals surface area contributed by atoms with Crippen molar-refractivity contribution >= 4 is 0 Å². The van der Waals surface area contributed by atoms with Gasteiger partial charge in [-0.3, -0.25) is 0 Å². The quantitative estimate of drug-likeness (QED) is 0.808. The Kier molecular flexibility index (Phi) is 5.97. The first-order valence-corrected chi connectivity index (χ1v) is 8.27. The van der Waals surface area contributed by atoms with E-state index in [0.29, 0.717) is 0 Å². The Balaban J connectivity index is 1.81. The summed E-state index contributed by atoms with van der Waals surface area (Å²) >= 11 is 0. The zero-order chi connectivity index (χ0) is 12.8. The van der Waals surface area contributed by atoms with Crippen LogP contribution in [0.25, 0.3) is 0 Å². The topological polar surface area (TPSA) is 15.3 Å². The smallest absolute Gasteiger partial charge is 0.0198 e. The van der Waals surface area contributed by atoms with Gasteiger partial charge >= 0.3 is 0 Å². The molecule has 2 fully saturated rings. The van der Waals surface area contributed by atoms with Crippen LogP contribution >= 0.6 is 0 Å². The van der Waals surface area contributed by atoms with Crippen molar-refractivity contribution in [3.05, 3.63) is 0 Å². The molecule has 0 aromatic rings. The lowest BCUT2D eigenvalue weighted by molar-refractivity contribution is 0.111. The van der Waals surface area contributed by atoms with Gasteiger partial charge in [0.1, 0.15) is 0 Å². The molecule has 1 N–H and O–H groups in total. The van der Waals surface area contributed by atoms with E-state index in [9.17, 15) is 0 Å². The third-order valence-electron chi connectivity index (χ3n) is 4.92. The van der Waals surface area contributed by atoms with Gasteiger partial charge in [0, 0.05) is 25.7 Å². The van der Waals surface area contributed by atoms with E-state index in [4.69, 9.17) is 0 Å². The molecule has 1 aliphatic carbocycles. The normalized spacial score (nSPS) is 31.7. The summed E-state index contributed by atoms with van der Waals surface area (Å²) < 4.78 is 0. The van der Waals surface area contributed by atoms with Crippen LogP contribution in [0.4, 0.5) is 0 Å². The molecule has 1 saturated heterocycles. The first-order chi connectivity index (χ1) is 8.81. The maximum Gasteiger partial charge on any atom is 0.0198 e. The summed E-state index contributed by atoms with van der Waals surface area (Å²) in [6, 6.07) is 0.747. The van der Waals surface area contributed by atoms with Crippen LogP contribution in [0, 0.1) is 11.8 Å². The molecular weight excluding hydrogens is 220 g/mol. The highest BCUT2D eigenvalue weighted by Crippen LogP contribution is 2.27. The van der Waals surface area contributed by atoms with Crippen LogP contribution in [0.3, 0.4) is 0 Å². The maximum atomic E-state index is 3.67. The number of likely N-dealkylation sites (N-methyl/N-ethyl adjacent to an activating group) is 1. The Hall–Kier alpha value is -0.0800. The van der Waals surface area contributed by atoms with Gasteiger partial charge in [-0.2, -0.15) is 0 Å². The fourth-order valence-electron chi connectivity index (χ4n) is 3.92. The van der Waals surface area contributed by atoms with Crippen molar-refractivity contribution in [2.75, 3.05) is 26.2 Å². The van der Waals surface area contributed by atoms with Gasteiger partial charge in [0.2, 0.25) is 0 Å². The molecule has 2 aliphatic rings. The molecule has 2 nitrogen and oxygen atoms in total. The summed E-state index contributed by atoms with van der Waals surface area (Å²) in [7, 11) is 0.